The van der Waals surface area contributed by atoms with Gasteiger partial charge < -0.3 is 15.0 Å². The molecule has 0 atom stereocenters. The van der Waals surface area contributed by atoms with Gasteiger partial charge in [-0.3, -0.25) is 0 Å². The molecule has 0 saturated carbocycles. The molecule has 0 aliphatic carbocycles. The van der Waals surface area contributed by atoms with E-state index in [0.717, 1.165) is 23.3 Å². The Morgan fingerprint density at radius 1 is 1.26 bits per heavy atom. The molecule has 0 unspecified atom stereocenters. The summed E-state index contributed by atoms with van der Waals surface area (Å²) in [5.74, 6) is 0.613. The number of aromatic amines is 1. The molecule has 0 bridgehead atoms. The molecule has 0 spiro atoms. The molecule has 0 aliphatic heterocycles. The van der Waals surface area contributed by atoms with E-state index in [2.05, 4.69) is 26.3 Å². The van der Waals surface area contributed by atoms with Gasteiger partial charge in [0.1, 0.15) is 5.65 Å². The first-order valence-electron chi connectivity index (χ1n) is 6.02. The number of hydrogen-bond donors (Lipinski definition) is 2. The molecular formula is C14H14N4O. The van der Waals surface area contributed by atoms with Gasteiger partial charge in [0.05, 0.1) is 19.0 Å². The Hall–Kier alpha value is -2.56. The number of aromatic nitrogens is 3. The molecule has 96 valence electrons. The SMILES string of the molecule is COc1ccc(NCc2c[nH]c3ncccc23)cn1. The van der Waals surface area contributed by atoms with Crippen LogP contribution in [-0.2, 0) is 6.54 Å². The van der Waals surface area contributed by atoms with Gasteiger partial charge in [0.25, 0.3) is 0 Å². The zero-order chi connectivity index (χ0) is 13.1. The normalized spacial score (nSPS) is 10.6. The Balaban J connectivity index is 1.74. The average Bonchev–Trinajstić information content (AvgIpc) is 2.89. The van der Waals surface area contributed by atoms with Crippen molar-refractivity contribution in [1.82, 2.24) is 15.0 Å². The van der Waals surface area contributed by atoms with Gasteiger partial charge in [-0.25, -0.2) is 9.97 Å². The minimum absolute atomic E-state index is 0.613. The summed E-state index contributed by atoms with van der Waals surface area (Å²) in [6.07, 6.45) is 5.51. The number of nitrogens with one attached hydrogen (secondary N) is 2. The molecule has 0 saturated heterocycles. The fraction of sp³-hybridized carbons (Fsp3) is 0.143. The molecule has 19 heavy (non-hydrogen) atoms. The zero-order valence-electron chi connectivity index (χ0n) is 10.6. The van der Waals surface area contributed by atoms with Gasteiger partial charge in [0.15, 0.2) is 0 Å². The lowest BCUT2D eigenvalue weighted by molar-refractivity contribution is 0.398. The summed E-state index contributed by atoms with van der Waals surface area (Å²) in [5.41, 5.74) is 3.05. The summed E-state index contributed by atoms with van der Waals surface area (Å²) >= 11 is 0. The Bertz CT molecular complexity index is 675. The van der Waals surface area contributed by atoms with Crippen LogP contribution in [0.5, 0.6) is 5.88 Å². The standard InChI is InChI=1S/C14H14N4O/c1-19-13-5-4-11(9-17-13)16-7-10-8-18-14-12(10)3-2-6-15-14/h2-6,8-9,16H,7H2,1H3,(H,15,18). The van der Waals surface area contributed by atoms with E-state index in [4.69, 9.17) is 4.74 Å². The van der Waals surface area contributed by atoms with E-state index in [9.17, 15) is 0 Å². The monoisotopic (exact) mass is 254 g/mol. The Morgan fingerprint density at radius 2 is 2.21 bits per heavy atom. The third-order valence-corrected chi connectivity index (χ3v) is 2.97. The second-order valence-electron chi connectivity index (χ2n) is 4.16. The Labute approximate surface area is 110 Å². The molecule has 3 heterocycles. The maximum absolute atomic E-state index is 5.03. The molecule has 0 radical (unpaired) electrons. The molecule has 5 nitrogen and oxygen atoms in total. The van der Waals surface area contributed by atoms with E-state index in [1.165, 1.54) is 5.56 Å². The Kier molecular flexibility index (Phi) is 3.02. The number of anilines is 1. The predicted octanol–water partition coefficient (Wildman–Crippen LogP) is 2.58. The summed E-state index contributed by atoms with van der Waals surface area (Å²) in [4.78, 5) is 11.6. The number of nitrogens with zero attached hydrogens (tertiary/aromatic N) is 2. The first-order valence-corrected chi connectivity index (χ1v) is 6.02. The smallest absolute Gasteiger partial charge is 0.213 e. The average molecular weight is 254 g/mol. The van der Waals surface area contributed by atoms with E-state index in [0.29, 0.717) is 5.88 Å². The third kappa shape index (κ3) is 2.35. The lowest BCUT2D eigenvalue weighted by atomic mass is 10.2. The largest absolute Gasteiger partial charge is 0.481 e. The predicted molar refractivity (Wildman–Crippen MR) is 74.2 cm³/mol. The van der Waals surface area contributed by atoms with Crippen molar-refractivity contribution in [3.05, 3.63) is 48.4 Å². The summed E-state index contributed by atoms with van der Waals surface area (Å²) in [5, 5.41) is 4.46. The summed E-state index contributed by atoms with van der Waals surface area (Å²) in [7, 11) is 1.61. The number of fused-ring (bicyclic) bond motifs is 1. The summed E-state index contributed by atoms with van der Waals surface area (Å²) in [6.45, 7) is 0.722. The minimum atomic E-state index is 0.613. The van der Waals surface area contributed by atoms with Crippen LogP contribution in [-0.4, -0.2) is 22.1 Å². The van der Waals surface area contributed by atoms with Crippen LogP contribution >= 0.6 is 0 Å². The van der Waals surface area contributed by atoms with Gasteiger partial charge >= 0.3 is 0 Å². The fourth-order valence-electron chi connectivity index (χ4n) is 1.96. The molecule has 0 amide bonds. The molecule has 3 aromatic heterocycles. The molecule has 0 aliphatic rings. The van der Waals surface area contributed by atoms with Crippen molar-refractivity contribution < 1.29 is 4.74 Å². The molecular weight excluding hydrogens is 240 g/mol. The van der Waals surface area contributed by atoms with Crippen molar-refractivity contribution in [3.8, 4) is 5.88 Å². The number of hydrogen-bond acceptors (Lipinski definition) is 4. The molecule has 3 rings (SSSR count). The highest BCUT2D eigenvalue weighted by Gasteiger charge is 2.03. The van der Waals surface area contributed by atoms with Crippen LogP contribution in [0.4, 0.5) is 5.69 Å². The van der Waals surface area contributed by atoms with Crippen molar-refractivity contribution in [1.29, 1.82) is 0 Å². The van der Waals surface area contributed by atoms with Crippen LogP contribution in [0, 0.1) is 0 Å². The minimum Gasteiger partial charge on any atom is -0.481 e. The van der Waals surface area contributed by atoms with Crippen molar-refractivity contribution >= 4 is 16.7 Å². The second kappa shape index (κ2) is 4.97. The van der Waals surface area contributed by atoms with Crippen molar-refractivity contribution in [2.24, 2.45) is 0 Å². The molecule has 5 heteroatoms. The highest BCUT2D eigenvalue weighted by molar-refractivity contribution is 5.79. The van der Waals surface area contributed by atoms with Crippen LogP contribution < -0.4 is 10.1 Å². The molecule has 3 aromatic rings. The van der Waals surface area contributed by atoms with E-state index in [1.807, 2.05) is 24.4 Å². The van der Waals surface area contributed by atoms with Crippen molar-refractivity contribution in [2.75, 3.05) is 12.4 Å². The second-order valence-corrected chi connectivity index (χ2v) is 4.16. The van der Waals surface area contributed by atoms with Crippen LogP contribution in [0.15, 0.2) is 42.9 Å². The summed E-state index contributed by atoms with van der Waals surface area (Å²) in [6, 6.07) is 7.77. The first-order chi connectivity index (χ1) is 9.36. The Morgan fingerprint density at radius 3 is 3.00 bits per heavy atom. The topological polar surface area (TPSA) is 62.8 Å². The highest BCUT2D eigenvalue weighted by Crippen LogP contribution is 2.17. The maximum atomic E-state index is 5.03. The van der Waals surface area contributed by atoms with Gasteiger partial charge in [-0.1, -0.05) is 0 Å². The summed E-state index contributed by atoms with van der Waals surface area (Å²) < 4.78 is 5.03. The molecule has 2 N–H and O–H groups in total. The van der Waals surface area contributed by atoms with Gasteiger partial charge in [-0.15, -0.1) is 0 Å². The van der Waals surface area contributed by atoms with Crippen molar-refractivity contribution in [3.63, 3.8) is 0 Å². The van der Waals surface area contributed by atoms with Gasteiger partial charge in [-0.05, 0) is 23.8 Å². The van der Waals surface area contributed by atoms with E-state index in [-0.39, 0.29) is 0 Å². The van der Waals surface area contributed by atoms with Crippen LogP contribution in [0.3, 0.4) is 0 Å². The molecule has 0 aromatic carbocycles. The van der Waals surface area contributed by atoms with Crippen molar-refractivity contribution in [2.45, 2.75) is 6.54 Å². The number of methoxy groups -OCH3 is 1. The van der Waals surface area contributed by atoms with E-state index in [1.54, 1.807) is 19.5 Å². The third-order valence-electron chi connectivity index (χ3n) is 2.97. The van der Waals surface area contributed by atoms with Gasteiger partial charge in [-0.2, -0.15) is 0 Å². The van der Waals surface area contributed by atoms with Crippen LogP contribution in [0.1, 0.15) is 5.56 Å². The van der Waals surface area contributed by atoms with Gasteiger partial charge in [0.2, 0.25) is 5.88 Å². The highest BCUT2D eigenvalue weighted by atomic mass is 16.5. The maximum Gasteiger partial charge on any atom is 0.213 e. The zero-order valence-corrected chi connectivity index (χ0v) is 10.6. The van der Waals surface area contributed by atoms with Crippen LogP contribution in [0.25, 0.3) is 11.0 Å². The number of pyridine rings is 2. The number of rotatable bonds is 4. The quantitative estimate of drug-likeness (QED) is 0.751. The lowest BCUT2D eigenvalue weighted by Crippen LogP contribution is -1.99. The van der Waals surface area contributed by atoms with E-state index < -0.39 is 0 Å². The van der Waals surface area contributed by atoms with E-state index >= 15 is 0 Å². The molecule has 0 fully saturated rings. The lowest BCUT2D eigenvalue weighted by Gasteiger charge is -2.05. The number of ether oxygens (including phenoxy) is 1. The van der Waals surface area contributed by atoms with Gasteiger partial charge in [0, 0.05) is 30.4 Å². The first kappa shape index (κ1) is 11.5. The fourth-order valence-corrected chi connectivity index (χ4v) is 1.96. The number of H-pyrrole nitrogens is 1. The van der Waals surface area contributed by atoms with Crippen LogP contribution in [0.2, 0.25) is 0 Å².